The third-order valence-electron chi connectivity index (χ3n) is 3.23. The maximum Gasteiger partial charge on any atom is 0.261 e. The molecule has 0 aliphatic rings. The Morgan fingerprint density at radius 2 is 2.08 bits per heavy atom. The summed E-state index contributed by atoms with van der Waals surface area (Å²) in [6, 6.07) is 10.7. The molecule has 0 spiro atoms. The Labute approximate surface area is 159 Å². The monoisotopic (exact) mass is 426 g/mol. The Balaban J connectivity index is 2.13. The van der Waals surface area contributed by atoms with Crippen molar-refractivity contribution in [1.29, 1.82) is 0 Å². The van der Waals surface area contributed by atoms with Crippen LogP contribution in [0.2, 0.25) is 5.02 Å². The van der Waals surface area contributed by atoms with E-state index in [0.717, 1.165) is 15.7 Å². The molecule has 2 N–H and O–H groups in total. The summed E-state index contributed by atoms with van der Waals surface area (Å²) in [5.74, 6) is 0.150. The summed E-state index contributed by atoms with van der Waals surface area (Å²) >= 11 is 14.7. The average molecular weight is 428 g/mol. The fourth-order valence-electron chi connectivity index (χ4n) is 2.03. The highest BCUT2D eigenvalue weighted by atomic mass is 79.9. The van der Waals surface area contributed by atoms with Crippen LogP contribution >= 0.6 is 39.7 Å². The van der Waals surface area contributed by atoms with Gasteiger partial charge in [0.2, 0.25) is 0 Å². The molecule has 0 aliphatic carbocycles. The van der Waals surface area contributed by atoms with Crippen LogP contribution in [0.1, 0.15) is 22.8 Å². The van der Waals surface area contributed by atoms with E-state index in [2.05, 4.69) is 26.6 Å². The van der Waals surface area contributed by atoms with Crippen LogP contribution in [0.3, 0.4) is 0 Å². The predicted octanol–water partition coefficient (Wildman–Crippen LogP) is 4.94. The molecule has 0 radical (unpaired) electrons. The van der Waals surface area contributed by atoms with Gasteiger partial charge in [-0.25, -0.2) is 0 Å². The maximum absolute atomic E-state index is 12.5. The van der Waals surface area contributed by atoms with Crippen LogP contribution in [0.25, 0.3) is 0 Å². The Hall–Kier alpha value is -1.63. The van der Waals surface area contributed by atoms with E-state index in [1.807, 2.05) is 32.0 Å². The number of halogens is 2. The van der Waals surface area contributed by atoms with Crippen LogP contribution in [0, 0.1) is 6.92 Å². The minimum Gasteiger partial charge on any atom is -0.493 e. The van der Waals surface area contributed by atoms with Crippen LogP contribution in [-0.4, -0.2) is 17.6 Å². The molecule has 7 heteroatoms. The second kappa shape index (κ2) is 8.46. The number of nitrogens with one attached hydrogen (secondary N) is 2. The van der Waals surface area contributed by atoms with Crippen LogP contribution in [0.5, 0.6) is 5.75 Å². The second-order valence-corrected chi connectivity index (χ2v) is 6.63. The molecule has 0 unspecified atom stereocenters. The Morgan fingerprint density at radius 3 is 2.79 bits per heavy atom. The summed E-state index contributed by atoms with van der Waals surface area (Å²) in [6.45, 7) is 4.20. The lowest BCUT2D eigenvalue weighted by Crippen LogP contribution is -2.34. The second-order valence-electron chi connectivity index (χ2n) is 4.89. The third kappa shape index (κ3) is 4.69. The van der Waals surface area contributed by atoms with Gasteiger partial charge in [0.15, 0.2) is 5.11 Å². The van der Waals surface area contributed by atoms with E-state index in [-0.39, 0.29) is 11.0 Å². The zero-order valence-corrected chi connectivity index (χ0v) is 16.3. The topological polar surface area (TPSA) is 50.4 Å². The minimum absolute atomic E-state index is 0.188. The van der Waals surface area contributed by atoms with E-state index in [4.69, 9.17) is 28.6 Å². The van der Waals surface area contributed by atoms with Gasteiger partial charge >= 0.3 is 0 Å². The Bertz CT molecular complexity index is 783. The number of rotatable bonds is 4. The van der Waals surface area contributed by atoms with Crippen molar-refractivity contribution in [1.82, 2.24) is 5.32 Å². The first-order chi connectivity index (χ1) is 11.4. The summed E-state index contributed by atoms with van der Waals surface area (Å²) < 4.78 is 6.26. The summed E-state index contributed by atoms with van der Waals surface area (Å²) in [5, 5.41) is 6.45. The Kier molecular flexibility index (Phi) is 6.60. The molecule has 0 bridgehead atoms. The molecular weight excluding hydrogens is 412 g/mol. The van der Waals surface area contributed by atoms with Gasteiger partial charge in [-0.15, -0.1) is 0 Å². The van der Waals surface area contributed by atoms with Crippen molar-refractivity contribution in [3.63, 3.8) is 0 Å². The molecule has 0 saturated heterocycles. The van der Waals surface area contributed by atoms with Crippen molar-refractivity contribution in [2.75, 3.05) is 11.9 Å². The first-order valence-electron chi connectivity index (χ1n) is 7.22. The normalized spacial score (nSPS) is 10.2. The van der Waals surface area contributed by atoms with Crippen LogP contribution < -0.4 is 15.4 Å². The number of anilines is 1. The molecule has 126 valence electrons. The van der Waals surface area contributed by atoms with Crippen molar-refractivity contribution < 1.29 is 9.53 Å². The summed E-state index contributed by atoms with van der Waals surface area (Å²) in [7, 11) is 0. The number of benzene rings is 2. The van der Waals surface area contributed by atoms with Crippen molar-refractivity contribution in [3.05, 3.63) is 57.0 Å². The van der Waals surface area contributed by atoms with E-state index >= 15 is 0 Å². The smallest absolute Gasteiger partial charge is 0.261 e. The lowest BCUT2D eigenvalue weighted by atomic mass is 10.2. The van der Waals surface area contributed by atoms with Gasteiger partial charge in [-0.1, -0.05) is 33.6 Å². The molecule has 1 amide bonds. The molecule has 2 rings (SSSR count). The van der Waals surface area contributed by atoms with E-state index in [9.17, 15) is 4.79 Å². The van der Waals surface area contributed by atoms with E-state index in [1.165, 1.54) is 0 Å². The fourth-order valence-corrected chi connectivity index (χ4v) is 2.77. The van der Waals surface area contributed by atoms with Crippen LogP contribution in [0.4, 0.5) is 5.69 Å². The quantitative estimate of drug-likeness (QED) is 0.679. The number of ether oxygens (including phenoxy) is 1. The molecule has 2 aromatic carbocycles. The lowest BCUT2D eigenvalue weighted by Gasteiger charge is -2.14. The molecule has 0 heterocycles. The van der Waals surface area contributed by atoms with Gasteiger partial charge in [-0.3, -0.25) is 10.1 Å². The van der Waals surface area contributed by atoms with E-state index < -0.39 is 0 Å². The fraction of sp³-hybridized carbons (Fsp3) is 0.176. The van der Waals surface area contributed by atoms with Gasteiger partial charge in [-0.2, -0.15) is 0 Å². The molecule has 2 aromatic rings. The van der Waals surface area contributed by atoms with Gasteiger partial charge in [0.25, 0.3) is 5.91 Å². The van der Waals surface area contributed by atoms with Crippen LogP contribution in [-0.2, 0) is 0 Å². The van der Waals surface area contributed by atoms with Crippen molar-refractivity contribution >= 4 is 56.5 Å². The molecule has 0 atom stereocenters. The zero-order valence-electron chi connectivity index (χ0n) is 13.2. The van der Waals surface area contributed by atoms with Crippen molar-refractivity contribution in [2.24, 2.45) is 0 Å². The molecular formula is C17H16BrClN2O2S. The SMILES string of the molecule is CCOc1ccc(Br)cc1C(=O)NC(=S)Nc1cccc(Cl)c1C. The maximum atomic E-state index is 12.5. The first kappa shape index (κ1) is 18.7. The number of hydrogen-bond acceptors (Lipinski definition) is 3. The number of carbonyl (C=O) groups is 1. The molecule has 4 nitrogen and oxygen atoms in total. The number of amides is 1. The van der Waals surface area contributed by atoms with Gasteiger partial charge < -0.3 is 10.1 Å². The molecule has 0 aliphatic heterocycles. The highest BCUT2D eigenvalue weighted by molar-refractivity contribution is 9.10. The molecule has 0 fully saturated rings. The largest absolute Gasteiger partial charge is 0.493 e. The highest BCUT2D eigenvalue weighted by Gasteiger charge is 2.15. The van der Waals surface area contributed by atoms with Crippen molar-refractivity contribution in [3.8, 4) is 5.75 Å². The standard InChI is InChI=1S/C17H16BrClN2O2S/c1-3-23-15-8-7-11(18)9-12(15)16(22)21-17(24)20-14-6-4-5-13(19)10(14)2/h4-9H,3H2,1-2H3,(H2,20,21,22,24). The summed E-state index contributed by atoms with van der Waals surface area (Å²) in [6.07, 6.45) is 0. The average Bonchev–Trinajstić information content (AvgIpc) is 2.53. The van der Waals surface area contributed by atoms with E-state index in [0.29, 0.717) is 22.9 Å². The minimum atomic E-state index is -0.350. The molecule has 0 saturated carbocycles. The highest BCUT2D eigenvalue weighted by Crippen LogP contribution is 2.24. The van der Waals surface area contributed by atoms with Gasteiger partial charge in [0, 0.05) is 15.2 Å². The van der Waals surface area contributed by atoms with Gasteiger partial charge in [0.1, 0.15) is 5.75 Å². The first-order valence-corrected chi connectivity index (χ1v) is 8.80. The molecule has 0 aromatic heterocycles. The summed E-state index contributed by atoms with van der Waals surface area (Å²) in [4.78, 5) is 12.5. The van der Waals surface area contributed by atoms with Gasteiger partial charge in [-0.05, 0) is 62.0 Å². The number of thiocarbonyl (C=S) groups is 1. The number of carbonyl (C=O) groups excluding carboxylic acids is 1. The lowest BCUT2D eigenvalue weighted by molar-refractivity contribution is 0.0974. The van der Waals surface area contributed by atoms with Gasteiger partial charge in [0.05, 0.1) is 12.2 Å². The van der Waals surface area contributed by atoms with Crippen LogP contribution in [0.15, 0.2) is 40.9 Å². The predicted molar refractivity (Wildman–Crippen MR) is 105 cm³/mol. The molecule has 24 heavy (non-hydrogen) atoms. The zero-order chi connectivity index (χ0) is 17.7. The number of hydrogen-bond donors (Lipinski definition) is 2. The third-order valence-corrected chi connectivity index (χ3v) is 4.34. The Morgan fingerprint density at radius 1 is 1.33 bits per heavy atom. The van der Waals surface area contributed by atoms with Crippen molar-refractivity contribution in [2.45, 2.75) is 13.8 Å². The van der Waals surface area contributed by atoms with E-state index in [1.54, 1.807) is 18.2 Å². The summed E-state index contributed by atoms with van der Waals surface area (Å²) in [5.41, 5.74) is 2.00.